The van der Waals surface area contributed by atoms with E-state index in [0.717, 1.165) is 6.29 Å². The van der Waals surface area contributed by atoms with Crippen molar-refractivity contribution in [2.75, 3.05) is 0 Å². The number of hydrogen-bond acceptors (Lipinski definition) is 5. The van der Waals surface area contributed by atoms with Crippen molar-refractivity contribution in [3.8, 4) is 0 Å². The summed E-state index contributed by atoms with van der Waals surface area (Å²) in [6.45, 7) is 3.90. The summed E-state index contributed by atoms with van der Waals surface area (Å²) in [6, 6.07) is 0. The predicted octanol–water partition coefficient (Wildman–Crippen LogP) is 0.485. The van der Waals surface area contributed by atoms with Crippen LogP contribution in [0.15, 0.2) is 0 Å². The van der Waals surface area contributed by atoms with Crippen LogP contribution >= 0.6 is 0 Å². The lowest BCUT2D eigenvalue weighted by molar-refractivity contribution is -0.405. The van der Waals surface area contributed by atoms with Gasteiger partial charge in [-0.3, -0.25) is 0 Å². The van der Waals surface area contributed by atoms with Crippen LogP contribution in [0, 0.1) is 29.6 Å². The van der Waals surface area contributed by atoms with Crippen molar-refractivity contribution in [2.24, 2.45) is 29.6 Å². The van der Waals surface area contributed by atoms with E-state index in [4.69, 9.17) is 18.9 Å². The number of hydrogen-bond donors (Lipinski definition) is 0. The average Bonchev–Trinajstić information content (AvgIpc) is 2.81. The fourth-order valence-electron chi connectivity index (χ4n) is 5.18. The fraction of sp³-hybridized carbons (Fsp3) is 0.917. The summed E-state index contributed by atoms with van der Waals surface area (Å²) in [5.41, 5.74) is 0. The lowest BCUT2D eigenvalue weighted by atomic mass is 9.83. The van der Waals surface area contributed by atoms with Crippen LogP contribution in [0.5, 0.6) is 0 Å². The summed E-state index contributed by atoms with van der Waals surface area (Å²) < 4.78 is 23.7. The third-order valence-corrected chi connectivity index (χ3v) is 5.48. The van der Waals surface area contributed by atoms with Crippen molar-refractivity contribution >= 4 is 6.29 Å². The molecule has 5 rings (SSSR count). The van der Waals surface area contributed by atoms with Gasteiger partial charge in [0.05, 0.1) is 0 Å². The van der Waals surface area contributed by atoms with Crippen LogP contribution in [-0.4, -0.2) is 30.4 Å². The van der Waals surface area contributed by atoms with E-state index >= 15 is 0 Å². The molecule has 1 aliphatic carbocycles. The highest BCUT2D eigenvalue weighted by molar-refractivity contribution is 5.57. The fourth-order valence-corrected chi connectivity index (χ4v) is 5.18. The SMILES string of the molecule is C[C@]12O[C@@H]3O[C@@H]4O[C@](C)(O1)[C@H]1[C@@H]4C(C=O)[C@H]3[C@H]12. The van der Waals surface area contributed by atoms with Gasteiger partial charge in [0, 0.05) is 29.6 Å². The summed E-state index contributed by atoms with van der Waals surface area (Å²) in [5, 5.41) is 0. The van der Waals surface area contributed by atoms with Crippen molar-refractivity contribution in [1.82, 2.24) is 0 Å². The molecule has 0 aromatic rings. The van der Waals surface area contributed by atoms with E-state index in [-0.39, 0.29) is 42.2 Å². The van der Waals surface area contributed by atoms with Gasteiger partial charge in [0.15, 0.2) is 24.2 Å². The Kier molecular flexibility index (Phi) is 1.29. The van der Waals surface area contributed by atoms with Gasteiger partial charge in [-0.15, -0.1) is 0 Å². The molecule has 4 heterocycles. The van der Waals surface area contributed by atoms with Crippen molar-refractivity contribution < 1.29 is 23.7 Å². The lowest BCUT2D eigenvalue weighted by Crippen LogP contribution is -2.45. The van der Waals surface area contributed by atoms with Crippen molar-refractivity contribution in [3.63, 3.8) is 0 Å². The monoisotopic (exact) mass is 238 g/mol. The third kappa shape index (κ3) is 0.748. The van der Waals surface area contributed by atoms with E-state index in [9.17, 15) is 4.79 Å². The Bertz CT molecular complexity index is 405. The first-order chi connectivity index (χ1) is 8.07. The Morgan fingerprint density at radius 3 is 2.00 bits per heavy atom. The standard InChI is InChI=1S/C12H14O5/c1-11-7-5-4(3-13)6-8(7)12(2,17-11)16-10(6)14-9(5)15-11/h3-10H,1-2H3/t4?,5-,6-,7-,8+,9+,10-,11+,12-/m0/s1. The first kappa shape index (κ1) is 9.44. The summed E-state index contributed by atoms with van der Waals surface area (Å²) >= 11 is 0. The molecular weight excluding hydrogens is 224 g/mol. The third-order valence-electron chi connectivity index (χ3n) is 5.48. The van der Waals surface area contributed by atoms with Gasteiger partial charge in [-0.25, -0.2) is 0 Å². The topological polar surface area (TPSA) is 54.0 Å². The molecule has 0 aromatic heterocycles. The molecule has 9 atom stereocenters. The minimum atomic E-state index is -0.643. The molecule has 5 fully saturated rings. The molecule has 0 N–H and O–H groups in total. The maximum atomic E-state index is 11.4. The maximum absolute atomic E-state index is 11.4. The molecule has 0 aromatic carbocycles. The van der Waals surface area contributed by atoms with Crippen molar-refractivity contribution in [1.29, 1.82) is 0 Å². The van der Waals surface area contributed by atoms with E-state index in [1.165, 1.54) is 0 Å². The van der Waals surface area contributed by atoms with Gasteiger partial charge in [-0.2, -0.15) is 0 Å². The van der Waals surface area contributed by atoms with Crippen LogP contribution in [0.3, 0.4) is 0 Å². The van der Waals surface area contributed by atoms with Gasteiger partial charge in [0.25, 0.3) is 0 Å². The van der Waals surface area contributed by atoms with Gasteiger partial charge in [-0.1, -0.05) is 0 Å². The number of aldehydes is 1. The molecular formula is C12H14O5. The van der Waals surface area contributed by atoms with Crippen LogP contribution in [-0.2, 0) is 23.7 Å². The Hall–Kier alpha value is -0.490. The summed E-state index contributed by atoms with van der Waals surface area (Å²) in [6.07, 6.45) is 0.396. The lowest BCUT2D eigenvalue weighted by Gasteiger charge is -2.37. The van der Waals surface area contributed by atoms with Gasteiger partial charge >= 0.3 is 0 Å². The van der Waals surface area contributed by atoms with Crippen LogP contribution in [0.4, 0.5) is 0 Å². The van der Waals surface area contributed by atoms with E-state index in [0.29, 0.717) is 0 Å². The summed E-state index contributed by atoms with van der Waals surface area (Å²) in [4.78, 5) is 11.4. The van der Waals surface area contributed by atoms with Crippen LogP contribution < -0.4 is 0 Å². The Morgan fingerprint density at radius 2 is 1.53 bits per heavy atom. The van der Waals surface area contributed by atoms with Crippen molar-refractivity contribution in [2.45, 2.75) is 38.0 Å². The van der Waals surface area contributed by atoms with Crippen molar-refractivity contribution in [3.05, 3.63) is 0 Å². The van der Waals surface area contributed by atoms with Crippen LogP contribution in [0.2, 0.25) is 0 Å². The molecule has 2 bridgehead atoms. The normalized spacial score (nSPS) is 73.6. The van der Waals surface area contributed by atoms with Gasteiger partial charge in [-0.05, 0) is 13.8 Å². The Labute approximate surface area is 98.3 Å². The van der Waals surface area contributed by atoms with Gasteiger partial charge in [0.1, 0.15) is 6.29 Å². The van der Waals surface area contributed by atoms with Gasteiger partial charge in [0.2, 0.25) is 0 Å². The maximum Gasteiger partial charge on any atom is 0.175 e. The van der Waals surface area contributed by atoms with E-state index in [2.05, 4.69) is 0 Å². The molecule has 0 spiro atoms. The zero-order valence-electron chi connectivity index (χ0n) is 9.66. The minimum Gasteiger partial charge on any atom is -0.323 e. The molecule has 0 amide bonds. The summed E-state index contributed by atoms with van der Waals surface area (Å²) in [5.74, 6) is -0.535. The second kappa shape index (κ2) is 2.32. The molecule has 4 saturated heterocycles. The minimum absolute atomic E-state index is 0.00120. The highest BCUT2D eigenvalue weighted by Crippen LogP contribution is 2.73. The Morgan fingerprint density at radius 1 is 1.00 bits per heavy atom. The predicted molar refractivity (Wildman–Crippen MR) is 52.2 cm³/mol. The molecule has 4 aliphatic heterocycles. The molecule has 0 radical (unpaired) electrons. The first-order valence-electron chi connectivity index (χ1n) is 6.24. The first-order valence-corrected chi connectivity index (χ1v) is 6.24. The molecule has 5 heteroatoms. The number of rotatable bonds is 1. The van der Waals surface area contributed by atoms with Crippen LogP contribution in [0.25, 0.3) is 0 Å². The Balaban J connectivity index is 1.78. The largest absolute Gasteiger partial charge is 0.323 e. The smallest absolute Gasteiger partial charge is 0.175 e. The second-order valence-electron chi connectivity index (χ2n) is 6.16. The van der Waals surface area contributed by atoms with E-state index < -0.39 is 11.6 Å². The molecule has 5 aliphatic rings. The number of carbonyl (C=O) groups is 1. The average molecular weight is 238 g/mol. The van der Waals surface area contributed by atoms with E-state index in [1.54, 1.807) is 0 Å². The molecule has 92 valence electrons. The highest BCUT2D eigenvalue weighted by Gasteiger charge is 2.82. The highest BCUT2D eigenvalue weighted by atomic mass is 16.9. The molecule has 17 heavy (non-hydrogen) atoms. The second-order valence-corrected chi connectivity index (χ2v) is 6.16. The zero-order chi connectivity index (χ0) is 11.6. The molecule has 1 saturated carbocycles. The summed E-state index contributed by atoms with van der Waals surface area (Å²) in [7, 11) is 0. The zero-order valence-corrected chi connectivity index (χ0v) is 9.66. The van der Waals surface area contributed by atoms with Crippen LogP contribution in [0.1, 0.15) is 13.8 Å². The molecule has 5 nitrogen and oxygen atoms in total. The van der Waals surface area contributed by atoms with E-state index in [1.807, 2.05) is 13.8 Å². The number of carbonyl (C=O) groups excluding carboxylic acids is 1. The molecule has 1 unspecified atom stereocenters. The number of ether oxygens (including phenoxy) is 4. The van der Waals surface area contributed by atoms with Gasteiger partial charge < -0.3 is 23.7 Å². The quantitative estimate of drug-likeness (QED) is 0.622.